The molecule has 0 saturated carbocycles. The lowest BCUT2D eigenvalue weighted by atomic mass is 10.1. The maximum atomic E-state index is 10.8. The van der Waals surface area contributed by atoms with Gasteiger partial charge in [0.2, 0.25) is 0 Å². The first-order valence-corrected chi connectivity index (χ1v) is 3.90. The summed E-state index contributed by atoms with van der Waals surface area (Å²) < 4.78 is 4.88. The number of carbonyl (C=O) groups is 1. The number of hydrogen-bond acceptors (Lipinski definition) is 3. The summed E-state index contributed by atoms with van der Waals surface area (Å²) in [5, 5.41) is 0. The molecule has 2 N–H and O–H groups in total. The fourth-order valence-electron chi connectivity index (χ4n) is 0.543. The SMILES string of the molecule is CCCC(=O)OCC(C)(C)N. The molecule has 3 heteroatoms. The number of hydrogen-bond donors (Lipinski definition) is 1. The zero-order valence-electron chi connectivity index (χ0n) is 7.52. The molecule has 0 bridgehead atoms. The van der Waals surface area contributed by atoms with Crippen LogP contribution in [0.1, 0.15) is 33.6 Å². The molecule has 0 saturated heterocycles. The molecule has 0 fully saturated rings. The molecule has 0 aliphatic rings. The predicted octanol–water partition coefficient (Wildman–Crippen LogP) is 1.07. The molecule has 0 aliphatic heterocycles. The van der Waals surface area contributed by atoms with Crippen molar-refractivity contribution in [3.05, 3.63) is 0 Å². The molecule has 11 heavy (non-hydrogen) atoms. The zero-order valence-corrected chi connectivity index (χ0v) is 7.52. The summed E-state index contributed by atoms with van der Waals surface area (Å²) in [7, 11) is 0. The standard InChI is InChI=1S/C8H17NO2/c1-4-5-7(10)11-6-8(2,3)9/h4-6,9H2,1-3H3. The van der Waals surface area contributed by atoms with Gasteiger partial charge in [-0.1, -0.05) is 6.92 Å². The summed E-state index contributed by atoms with van der Waals surface area (Å²) in [5.41, 5.74) is 5.19. The second-order valence-electron chi connectivity index (χ2n) is 3.40. The van der Waals surface area contributed by atoms with E-state index in [1.54, 1.807) is 0 Å². The second kappa shape index (κ2) is 4.34. The van der Waals surface area contributed by atoms with Gasteiger partial charge in [-0.15, -0.1) is 0 Å². The van der Waals surface area contributed by atoms with Crippen molar-refractivity contribution in [1.29, 1.82) is 0 Å². The molecule has 0 unspecified atom stereocenters. The van der Waals surface area contributed by atoms with Crippen LogP contribution in [0.25, 0.3) is 0 Å². The van der Waals surface area contributed by atoms with Crippen molar-refractivity contribution in [1.82, 2.24) is 0 Å². The Hall–Kier alpha value is -0.570. The Balaban J connectivity index is 3.46. The molecule has 0 aromatic rings. The lowest BCUT2D eigenvalue weighted by Gasteiger charge is -2.17. The summed E-state index contributed by atoms with van der Waals surface area (Å²) in [6.45, 7) is 5.89. The Morgan fingerprint density at radius 1 is 1.55 bits per heavy atom. The summed E-state index contributed by atoms with van der Waals surface area (Å²) in [4.78, 5) is 10.8. The molecule has 0 aliphatic carbocycles. The van der Waals surface area contributed by atoms with Crippen LogP contribution in [0.15, 0.2) is 0 Å². The molecule has 0 spiro atoms. The summed E-state index contributed by atoms with van der Waals surface area (Å²) >= 11 is 0. The van der Waals surface area contributed by atoms with Crippen molar-refractivity contribution in [3.8, 4) is 0 Å². The van der Waals surface area contributed by atoms with E-state index in [-0.39, 0.29) is 5.97 Å². The third kappa shape index (κ3) is 7.33. The van der Waals surface area contributed by atoms with Crippen molar-refractivity contribution in [2.75, 3.05) is 6.61 Å². The first-order chi connectivity index (χ1) is 4.95. The summed E-state index contributed by atoms with van der Waals surface area (Å²) in [5.74, 6) is -0.161. The molecule has 0 heterocycles. The van der Waals surface area contributed by atoms with Gasteiger partial charge in [0, 0.05) is 12.0 Å². The number of ether oxygens (including phenoxy) is 1. The van der Waals surface area contributed by atoms with E-state index >= 15 is 0 Å². The summed E-state index contributed by atoms with van der Waals surface area (Å²) in [6, 6.07) is 0. The van der Waals surface area contributed by atoms with E-state index in [4.69, 9.17) is 10.5 Å². The molecule has 0 radical (unpaired) electrons. The number of esters is 1. The van der Waals surface area contributed by atoms with Gasteiger partial charge in [-0.2, -0.15) is 0 Å². The van der Waals surface area contributed by atoms with E-state index in [1.165, 1.54) is 0 Å². The van der Waals surface area contributed by atoms with Crippen LogP contribution in [0.4, 0.5) is 0 Å². The van der Waals surface area contributed by atoms with Crippen molar-refractivity contribution < 1.29 is 9.53 Å². The molecule has 0 aromatic carbocycles. The molecule has 66 valence electrons. The Labute approximate surface area is 67.9 Å². The van der Waals surface area contributed by atoms with Gasteiger partial charge in [-0.25, -0.2) is 0 Å². The summed E-state index contributed by atoms with van der Waals surface area (Å²) in [6.07, 6.45) is 1.31. The molecule has 0 aromatic heterocycles. The van der Waals surface area contributed by atoms with Crippen LogP contribution in [0, 0.1) is 0 Å². The average Bonchev–Trinajstić information content (AvgIpc) is 1.83. The Bertz CT molecular complexity index is 127. The van der Waals surface area contributed by atoms with Gasteiger partial charge < -0.3 is 10.5 Å². The van der Waals surface area contributed by atoms with Gasteiger partial charge in [0.05, 0.1) is 0 Å². The second-order valence-corrected chi connectivity index (χ2v) is 3.40. The lowest BCUT2D eigenvalue weighted by Crippen LogP contribution is -2.38. The number of carbonyl (C=O) groups excluding carboxylic acids is 1. The van der Waals surface area contributed by atoms with E-state index in [0.29, 0.717) is 13.0 Å². The van der Waals surface area contributed by atoms with Crippen LogP contribution < -0.4 is 5.73 Å². The quantitative estimate of drug-likeness (QED) is 0.624. The van der Waals surface area contributed by atoms with E-state index in [9.17, 15) is 4.79 Å². The Morgan fingerprint density at radius 2 is 2.09 bits per heavy atom. The fraction of sp³-hybridized carbons (Fsp3) is 0.875. The number of rotatable bonds is 4. The molecular formula is C8H17NO2. The van der Waals surface area contributed by atoms with Gasteiger partial charge in [-0.05, 0) is 20.3 Å². The average molecular weight is 159 g/mol. The van der Waals surface area contributed by atoms with Gasteiger partial charge in [0.15, 0.2) is 0 Å². The maximum absolute atomic E-state index is 10.8. The molecule has 0 atom stereocenters. The van der Waals surface area contributed by atoms with Gasteiger partial charge >= 0.3 is 5.97 Å². The highest BCUT2D eigenvalue weighted by molar-refractivity contribution is 5.69. The topological polar surface area (TPSA) is 52.3 Å². The van der Waals surface area contributed by atoms with E-state index in [1.807, 2.05) is 20.8 Å². The van der Waals surface area contributed by atoms with Crippen LogP contribution in [-0.2, 0) is 9.53 Å². The van der Waals surface area contributed by atoms with E-state index in [2.05, 4.69) is 0 Å². The maximum Gasteiger partial charge on any atom is 0.305 e. The van der Waals surface area contributed by atoms with E-state index < -0.39 is 5.54 Å². The molecule has 0 rings (SSSR count). The third-order valence-electron chi connectivity index (χ3n) is 1.06. The van der Waals surface area contributed by atoms with Crippen LogP contribution in [0.3, 0.4) is 0 Å². The predicted molar refractivity (Wildman–Crippen MR) is 44.1 cm³/mol. The smallest absolute Gasteiger partial charge is 0.305 e. The van der Waals surface area contributed by atoms with Crippen molar-refractivity contribution in [3.63, 3.8) is 0 Å². The zero-order chi connectivity index (χ0) is 8.91. The third-order valence-corrected chi connectivity index (χ3v) is 1.06. The normalized spacial score (nSPS) is 11.3. The molecular weight excluding hydrogens is 142 g/mol. The first kappa shape index (κ1) is 10.4. The van der Waals surface area contributed by atoms with Crippen LogP contribution in [-0.4, -0.2) is 18.1 Å². The minimum Gasteiger partial charge on any atom is -0.464 e. The monoisotopic (exact) mass is 159 g/mol. The van der Waals surface area contributed by atoms with Gasteiger partial charge in [-0.3, -0.25) is 4.79 Å². The molecule has 0 amide bonds. The highest BCUT2D eigenvalue weighted by atomic mass is 16.5. The van der Waals surface area contributed by atoms with Crippen LogP contribution in [0.5, 0.6) is 0 Å². The van der Waals surface area contributed by atoms with Crippen molar-refractivity contribution in [2.45, 2.75) is 39.2 Å². The van der Waals surface area contributed by atoms with Gasteiger partial charge in [0.1, 0.15) is 6.61 Å². The highest BCUT2D eigenvalue weighted by Gasteiger charge is 2.12. The fourth-order valence-corrected chi connectivity index (χ4v) is 0.543. The van der Waals surface area contributed by atoms with Crippen LogP contribution in [0.2, 0.25) is 0 Å². The Kier molecular flexibility index (Phi) is 4.11. The van der Waals surface area contributed by atoms with Crippen LogP contribution >= 0.6 is 0 Å². The molecule has 3 nitrogen and oxygen atoms in total. The largest absolute Gasteiger partial charge is 0.464 e. The van der Waals surface area contributed by atoms with Crippen molar-refractivity contribution in [2.24, 2.45) is 5.73 Å². The highest BCUT2D eigenvalue weighted by Crippen LogP contribution is 1.99. The van der Waals surface area contributed by atoms with Gasteiger partial charge in [0.25, 0.3) is 0 Å². The lowest BCUT2D eigenvalue weighted by molar-refractivity contribution is -0.145. The Morgan fingerprint density at radius 3 is 2.45 bits per heavy atom. The minimum absolute atomic E-state index is 0.161. The van der Waals surface area contributed by atoms with E-state index in [0.717, 1.165) is 6.42 Å². The minimum atomic E-state index is -0.413. The number of nitrogens with two attached hydrogens (primary N) is 1. The van der Waals surface area contributed by atoms with Crippen molar-refractivity contribution >= 4 is 5.97 Å². The first-order valence-electron chi connectivity index (χ1n) is 3.90.